The van der Waals surface area contributed by atoms with Crippen molar-refractivity contribution in [2.24, 2.45) is 5.73 Å². The molecule has 2 rings (SSSR count). The smallest absolute Gasteiger partial charge is 0.123 e. The number of methoxy groups -OCH3 is 1. The summed E-state index contributed by atoms with van der Waals surface area (Å²) in [7, 11) is 1.59. The molecule has 0 unspecified atom stereocenters. The zero-order valence-electron chi connectivity index (χ0n) is 8.99. The molecule has 0 saturated heterocycles. The molecule has 0 spiro atoms. The minimum atomic E-state index is 0.0103. The predicted molar refractivity (Wildman–Crippen MR) is 59.2 cm³/mol. The molecule has 0 aliphatic heterocycles. The van der Waals surface area contributed by atoms with Gasteiger partial charge in [0.2, 0.25) is 0 Å². The van der Waals surface area contributed by atoms with E-state index < -0.39 is 0 Å². The van der Waals surface area contributed by atoms with E-state index in [1.54, 1.807) is 13.2 Å². The molecule has 0 radical (unpaired) electrons. The maximum absolute atomic E-state index is 9.92. The van der Waals surface area contributed by atoms with Crippen molar-refractivity contribution in [2.75, 3.05) is 13.7 Å². The molecular formula is C12H17NO2. The molecule has 1 aliphatic rings. The van der Waals surface area contributed by atoms with Gasteiger partial charge < -0.3 is 15.6 Å². The first kappa shape index (κ1) is 10.3. The normalized spacial score (nSPS) is 18.3. The Balaban J connectivity index is 2.36. The first-order valence-corrected chi connectivity index (χ1v) is 5.29. The van der Waals surface area contributed by atoms with Gasteiger partial charge >= 0.3 is 0 Å². The minimum absolute atomic E-state index is 0.0103. The summed E-state index contributed by atoms with van der Waals surface area (Å²) in [6.07, 6.45) is 3.34. The zero-order valence-corrected chi connectivity index (χ0v) is 8.99. The summed E-state index contributed by atoms with van der Waals surface area (Å²) in [4.78, 5) is 0. The quantitative estimate of drug-likeness (QED) is 0.794. The average molecular weight is 207 g/mol. The fourth-order valence-electron chi connectivity index (χ4n) is 2.27. The third-order valence-electron chi connectivity index (χ3n) is 3.48. The van der Waals surface area contributed by atoms with Crippen LogP contribution < -0.4 is 10.5 Å². The van der Waals surface area contributed by atoms with Crippen molar-refractivity contribution in [1.82, 2.24) is 0 Å². The Bertz CT molecular complexity index is 353. The number of phenolic OH excluding ortho intramolecular Hbond substituents is 1. The maximum Gasteiger partial charge on any atom is 0.123 e. The first-order chi connectivity index (χ1) is 7.22. The molecule has 0 heterocycles. The number of ether oxygens (including phenoxy) is 1. The second-order valence-electron chi connectivity index (χ2n) is 4.22. The molecule has 1 saturated carbocycles. The van der Waals surface area contributed by atoms with Gasteiger partial charge in [-0.25, -0.2) is 0 Å². The number of nitrogens with two attached hydrogens (primary N) is 1. The van der Waals surface area contributed by atoms with Gasteiger partial charge in [0, 0.05) is 23.6 Å². The van der Waals surface area contributed by atoms with E-state index >= 15 is 0 Å². The van der Waals surface area contributed by atoms with Crippen LogP contribution in [0.4, 0.5) is 0 Å². The Morgan fingerprint density at radius 1 is 1.47 bits per heavy atom. The highest BCUT2D eigenvalue weighted by molar-refractivity contribution is 5.45. The van der Waals surface area contributed by atoms with Gasteiger partial charge in [0.25, 0.3) is 0 Å². The summed E-state index contributed by atoms with van der Waals surface area (Å²) in [6.45, 7) is 0.604. The van der Waals surface area contributed by atoms with Crippen LogP contribution in [0.15, 0.2) is 18.2 Å². The van der Waals surface area contributed by atoms with Crippen molar-refractivity contribution in [2.45, 2.75) is 24.7 Å². The highest BCUT2D eigenvalue weighted by atomic mass is 16.5. The van der Waals surface area contributed by atoms with E-state index in [1.807, 2.05) is 12.1 Å². The van der Waals surface area contributed by atoms with E-state index in [2.05, 4.69) is 0 Å². The van der Waals surface area contributed by atoms with Gasteiger partial charge in [-0.15, -0.1) is 0 Å². The van der Waals surface area contributed by atoms with E-state index in [0.717, 1.165) is 18.4 Å². The molecule has 3 nitrogen and oxygen atoms in total. The summed E-state index contributed by atoms with van der Waals surface area (Å²) >= 11 is 0. The van der Waals surface area contributed by atoms with Gasteiger partial charge in [-0.2, -0.15) is 0 Å². The standard InChI is InChI=1S/C12H17NO2/c1-15-9-3-4-10(11(14)7-9)12(8-13)5-2-6-12/h3-4,7,14H,2,5-6,8,13H2,1H3. The van der Waals surface area contributed by atoms with Crippen molar-refractivity contribution in [3.63, 3.8) is 0 Å². The number of rotatable bonds is 3. The molecule has 0 amide bonds. The fourth-order valence-corrected chi connectivity index (χ4v) is 2.27. The van der Waals surface area contributed by atoms with Gasteiger partial charge in [-0.1, -0.05) is 12.5 Å². The lowest BCUT2D eigenvalue weighted by atomic mass is 9.64. The van der Waals surface area contributed by atoms with Crippen LogP contribution in [-0.4, -0.2) is 18.8 Å². The van der Waals surface area contributed by atoms with E-state index in [9.17, 15) is 5.11 Å². The molecule has 1 aliphatic carbocycles. The number of hydrogen-bond acceptors (Lipinski definition) is 3. The van der Waals surface area contributed by atoms with Crippen LogP contribution in [0.2, 0.25) is 0 Å². The van der Waals surface area contributed by atoms with Crippen molar-refractivity contribution in [3.8, 4) is 11.5 Å². The van der Waals surface area contributed by atoms with Crippen molar-refractivity contribution >= 4 is 0 Å². The molecule has 1 aromatic rings. The van der Waals surface area contributed by atoms with Crippen LogP contribution in [0.5, 0.6) is 11.5 Å². The second-order valence-corrected chi connectivity index (χ2v) is 4.22. The van der Waals surface area contributed by atoms with Crippen LogP contribution >= 0.6 is 0 Å². The zero-order chi connectivity index (χ0) is 10.9. The van der Waals surface area contributed by atoms with E-state index in [0.29, 0.717) is 18.0 Å². The summed E-state index contributed by atoms with van der Waals surface area (Å²) in [5, 5.41) is 9.92. The highest BCUT2D eigenvalue weighted by Crippen LogP contribution is 2.46. The summed E-state index contributed by atoms with van der Waals surface area (Å²) in [5.74, 6) is 0.988. The van der Waals surface area contributed by atoms with Crippen LogP contribution in [0.1, 0.15) is 24.8 Å². The Hall–Kier alpha value is -1.22. The fraction of sp³-hybridized carbons (Fsp3) is 0.500. The van der Waals surface area contributed by atoms with Crippen molar-refractivity contribution in [1.29, 1.82) is 0 Å². The molecule has 1 aromatic carbocycles. The van der Waals surface area contributed by atoms with E-state index in [4.69, 9.17) is 10.5 Å². The van der Waals surface area contributed by atoms with E-state index in [-0.39, 0.29) is 5.41 Å². The average Bonchev–Trinajstić information content (AvgIpc) is 2.19. The molecule has 0 atom stereocenters. The third kappa shape index (κ3) is 1.57. The largest absolute Gasteiger partial charge is 0.508 e. The molecule has 15 heavy (non-hydrogen) atoms. The van der Waals surface area contributed by atoms with Crippen LogP contribution in [-0.2, 0) is 5.41 Å². The summed E-state index contributed by atoms with van der Waals surface area (Å²) < 4.78 is 5.06. The molecule has 1 fully saturated rings. The number of benzene rings is 1. The monoisotopic (exact) mass is 207 g/mol. The lowest BCUT2D eigenvalue weighted by molar-refractivity contribution is 0.244. The van der Waals surface area contributed by atoms with Gasteiger partial charge in [-0.05, 0) is 18.9 Å². The Kier molecular flexibility index (Phi) is 2.57. The second kappa shape index (κ2) is 3.74. The topological polar surface area (TPSA) is 55.5 Å². The molecule has 0 bridgehead atoms. The van der Waals surface area contributed by atoms with Crippen LogP contribution in [0.3, 0.4) is 0 Å². The summed E-state index contributed by atoms with van der Waals surface area (Å²) in [6, 6.07) is 5.47. The minimum Gasteiger partial charge on any atom is -0.508 e. The van der Waals surface area contributed by atoms with Gasteiger partial charge in [0.05, 0.1) is 7.11 Å². The van der Waals surface area contributed by atoms with Crippen LogP contribution in [0, 0.1) is 0 Å². The van der Waals surface area contributed by atoms with Crippen LogP contribution in [0.25, 0.3) is 0 Å². The number of aromatic hydroxyl groups is 1. The summed E-state index contributed by atoms with van der Waals surface area (Å²) in [5.41, 5.74) is 6.78. The van der Waals surface area contributed by atoms with Crippen molar-refractivity contribution < 1.29 is 9.84 Å². The lowest BCUT2D eigenvalue weighted by Gasteiger charge is -2.41. The third-order valence-corrected chi connectivity index (χ3v) is 3.48. The van der Waals surface area contributed by atoms with Crippen molar-refractivity contribution in [3.05, 3.63) is 23.8 Å². The first-order valence-electron chi connectivity index (χ1n) is 5.29. The van der Waals surface area contributed by atoms with Gasteiger partial charge in [-0.3, -0.25) is 0 Å². The molecular weight excluding hydrogens is 190 g/mol. The predicted octanol–water partition coefficient (Wildman–Crippen LogP) is 1.78. The molecule has 0 aromatic heterocycles. The SMILES string of the molecule is COc1ccc(C2(CN)CCC2)c(O)c1. The Labute approximate surface area is 89.9 Å². The Morgan fingerprint density at radius 2 is 2.20 bits per heavy atom. The Morgan fingerprint density at radius 3 is 2.60 bits per heavy atom. The van der Waals surface area contributed by atoms with Gasteiger partial charge in [0.1, 0.15) is 11.5 Å². The number of hydrogen-bond donors (Lipinski definition) is 2. The highest BCUT2D eigenvalue weighted by Gasteiger charge is 2.39. The van der Waals surface area contributed by atoms with Gasteiger partial charge in [0.15, 0.2) is 0 Å². The maximum atomic E-state index is 9.92. The molecule has 82 valence electrons. The lowest BCUT2D eigenvalue weighted by Crippen LogP contribution is -2.41. The number of phenols is 1. The molecule has 3 heteroatoms. The molecule has 3 N–H and O–H groups in total. The van der Waals surface area contributed by atoms with E-state index in [1.165, 1.54) is 6.42 Å².